The van der Waals surface area contributed by atoms with Gasteiger partial charge < -0.3 is 23.9 Å². The van der Waals surface area contributed by atoms with E-state index in [1.807, 2.05) is 84.9 Å². The first kappa shape index (κ1) is 56.0. The van der Waals surface area contributed by atoms with Gasteiger partial charge in [0.1, 0.15) is 24.9 Å². The Labute approximate surface area is 476 Å². The number of aliphatic hydroxyl groups is 2. The largest absolute Gasteiger partial charge is 0.467 e. The molecule has 0 aliphatic carbocycles. The lowest BCUT2D eigenvalue weighted by molar-refractivity contribution is -0.496. The summed E-state index contributed by atoms with van der Waals surface area (Å²) in [6, 6.07) is 60.9. The highest BCUT2D eigenvalue weighted by Crippen LogP contribution is 2.39. The van der Waals surface area contributed by atoms with Gasteiger partial charge in [-0.15, -0.1) is 0 Å². The molecule has 4 aromatic heterocycles. The summed E-state index contributed by atoms with van der Waals surface area (Å²) in [5, 5.41) is 49.3. The quantitative estimate of drug-likeness (QED) is 0.0378. The molecule has 0 aliphatic heterocycles. The Bertz CT molecular complexity index is 4010. The molecular formula is C65H59B2N9O6. The highest BCUT2D eigenvalue weighted by atomic mass is 17.5. The van der Waals surface area contributed by atoms with Crippen LogP contribution >= 0.6 is 0 Å². The predicted octanol–water partition coefficient (Wildman–Crippen LogP) is 7.37. The van der Waals surface area contributed by atoms with Crippen LogP contribution < -0.4 is 37.3 Å². The molecule has 0 spiro atoms. The lowest BCUT2D eigenvalue weighted by Crippen LogP contribution is -2.54. The van der Waals surface area contributed by atoms with Gasteiger partial charge in [-0.1, -0.05) is 226 Å². The zero-order valence-electron chi connectivity index (χ0n) is 46.6. The minimum absolute atomic E-state index is 0.00297. The summed E-state index contributed by atoms with van der Waals surface area (Å²) in [7, 11) is 1.42. The van der Waals surface area contributed by atoms with Gasteiger partial charge in [-0.2, -0.15) is 20.1 Å². The molecule has 10 aromatic rings. The van der Waals surface area contributed by atoms with Crippen molar-refractivity contribution in [1.82, 2.24) is 33.9 Å². The van der Waals surface area contributed by atoms with Crippen LogP contribution in [0.1, 0.15) is 81.5 Å². The van der Waals surface area contributed by atoms with Crippen molar-refractivity contribution in [3.05, 3.63) is 238 Å². The van der Waals surface area contributed by atoms with Gasteiger partial charge in [-0.3, -0.25) is 0 Å². The Morgan fingerprint density at radius 3 is 1.45 bits per heavy atom. The Morgan fingerprint density at radius 1 is 0.573 bits per heavy atom. The third-order valence-electron chi connectivity index (χ3n) is 14.5. The Balaban J connectivity index is 1.66. The number of aromatic nitrogens is 7. The summed E-state index contributed by atoms with van der Waals surface area (Å²) in [4.78, 5) is 33.4. The molecule has 0 amide bonds. The van der Waals surface area contributed by atoms with E-state index in [0.29, 0.717) is 32.9 Å². The fraction of sp³-hybridized carbons (Fsp3) is 0.185. The number of aliphatic hydroxyl groups excluding tert-OH is 2. The first-order valence-corrected chi connectivity index (χ1v) is 26.8. The van der Waals surface area contributed by atoms with Crippen LogP contribution in [0, 0.1) is 17.9 Å². The normalized spacial score (nSPS) is 12.4. The van der Waals surface area contributed by atoms with Crippen molar-refractivity contribution in [3.8, 4) is 34.6 Å². The maximum absolute atomic E-state index is 12.3. The average molecular weight is 1080 g/mol. The maximum Gasteiger partial charge on any atom is 0.328 e. The van der Waals surface area contributed by atoms with Crippen molar-refractivity contribution in [3.63, 3.8) is 0 Å². The molecule has 0 saturated heterocycles. The molecule has 0 unspecified atom stereocenters. The van der Waals surface area contributed by atoms with Crippen LogP contribution in [0.15, 0.2) is 176 Å². The molecule has 0 atom stereocenters. The minimum Gasteiger partial charge on any atom is -0.467 e. The summed E-state index contributed by atoms with van der Waals surface area (Å²) >= 11 is 0. The number of rotatable bonds is 16. The van der Waals surface area contributed by atoms with Crippen LogP contribution in [-0.2, 0) is 40.6 Å². The molecule has 82 heavy (non-hydrogen) atoms. The van der Waals surface area contributed by atoms with Crippen molar-refractivity contribution in [2.24, 2.45) is 0 Å². The van der Waals surface area contributed by atoms with Gasteiger partial charge in [-0.25, -0.2) is 25.1 Å². The molecule has 406 valence electrons. The van der Waals surface area contributed by atoms with E-state index in [0.717, 1.165) is 44.1 Å². The van der Waals surface area contributed by atoms with E-state index >= 15 is 0 Å². The molecule has 3 N–H and O–H groups in total. The summed E-state index contributed by atoms with van der Waals surface area (Å²) in [6.07, 6.45) is 0. The second kappa shape index (κ2) is 23.8. The van der Waals surface area contributed by atoms with Gasteiger partial charge in [0.2, 0.25) is 0 Å². The van der Waals surface area contributed by atoms with Crippen LogP contribution in [0.25, 0.3) is 49.4 Å². The molecule has 0 radical (unpaired) electrons. The van der Waals surface area contributed by atoms with Gasteiger partial charge >= 0.3 is 19.7 Å². The second-order valence-electron chi connectivity index (χ2n) is 21.8. The van der Waals surface area contributed by atoms with Crippen LogP contribution in [0.3, 0.4) is 0 Å². The third-order valence-corrected chi connectivity index (χ3v) is 14.5. The molecule has 0 bridgehead atoms. The molecule has 4 heterocycles. The molecule has 15 nitrogen and oxygen atoms in total. The molecule has 10 rings (SSSR count). The number of nitriles is 1. The number of fused-ring (bicyclic) bond motifs is 1. The van der Waals surface area contributed by atoms with Gasteiger partial charge in [0.25, 0.3) is 5.70 Å². The van der Waals surface area contributed by atoms with Gasteiger partial charge in [0.05, 0.1) is 37.0 Å². The maximum atomic E-state index is 12.3. The molecular weight excluding hydrogens is 1020 g/mol. The second-order valence-corrected chi connectivity index (χ2v) is 21.8. The van der Waals surface area contributed by atoms with E-state index in [4.69, 9.17) is 29.6 Å². The average Bonchev–Trinajstić information content (AvgIpc) is 2.09. The van der Waals surface area contributed by atoms with E-state index < -0.39 is 26.9 Å². The molecule has 17 heteroatoms. The zero-order valence-corrected chi connectivity index (χ0v) is 46.6. The summed E-state index contributed by atoms with van der Waals surface area (Å²) < 4.78 is 10.0. The smallest absolute Gasteiger partial charge is 0.328 e. The number of nitrogens with zero attached hydrogens (tertiary/aromatic N) is 9. The topological polar surface area (TPSA) is 191 Å². The fourth-order valence-corrected chi connectivity index (χ4v) is 10.7. The Kier molecular flexibility index (Phi) is 16.2. The number of ether oxygens (including phenoxy) is 1. The summed E-state index contributed by atoms with van der Waals surface area (Å²) in [5.41, 5.74) is 7.83. The van der Waals surface area contributed by atoms with Gasteiger partial charge in [0, 0.05) is 27.5 Å². The standard InChI is InChI=1S/C65H59B2N9O6/c1-64(2,3)44-25-21-23-42(35-44)57-54-55(60(56(69-7)62-72-53(40-78)73-63(74-62)80-8)76(57)67(48-31-17-11-18-32-48)49-33-19-12-20-34-49)58(43-24-22-26-45(36-43)65(4,5)6)75(66(46-27-13-9-14-28-46)47-29-15-10-16-30-47)59(54)52(38-68)61-70-50(39-77)37-51(71-61)41-81-82-79/h9-37,77-79H,39-41H2,1-6,8H3/b59-52-,60-56+. The van der Waals surface area contributed by atoms with Crippen LogP contribution in [-0.4, -0.2) is 70.2 Å². The van der Waals surface area contributed by atoms with Crippen molar-refractivity contribution in [1.29, 1.82) is 5.26 Å². The molecule has 0 fully saturated rings. The molecule has 0 saturated carbocycles. The van der Waals surface area contributed by atoms with Crippen molar-refractivity contribution >= 4 is 57.6 Å². The number of methoxy groups -OCH3 is 1. The van der Waals surface area contributed by atoms with Crippen molar-refractivity contribution < 1.29 is 30.1 Å². The van der Waals surface area contributed by atoms with Gasteiger partial charge in [-0.05, 0) is 51.3 Å². The van der Waals surface area contributed by atoms with E-state index in [1.165, 1.54) is 13.2 Å². The molecule has 6 aromatic carbocycles. The fourth-order valence-electron chi connectivity index (χ4n) is 10.7. The number of hydrogen-bond acceptors (Lipinski definition) is 12. The SMILES string of the molecule is [C-]#[N+]/C(c1nc(CO)nc(OC)n1)=c1\c2c(-c3cccc(C(C)(C)C)c3)n(B(c3ccccc3)c3ccccc3)/c(=C(/C#N)c3nc(CO)cc(COOO)n3)c2c(-c2cccc(C(C)(C)C)c2)n1B(c1ccccc1)c1ccccc1. The number of benzene rings is 6. The van der Waals surface area contributed by atoms with Gasteiger partial charge in [0.15, 0.2) is 17.5 Å². The van der Waals surface area contributed by atoms with Crippen LogP contribution in [0.5, 0.6) is 6.01 Å². The lowest BCUT2D eigenvalue weighted by atomic mass is 9.50. The third kappa shape index (κ3) is 11.0. The summed E-state index contributed by atoms with van der Waals surface area (Å²) in [5.74, 6) is -0.140. The van der Waals surface area contributed by atoms with Crippen molar-refractivity contribution in [2.45, 2.75) is 72.2 Å². The lowest BCUT2D eigenvalue weighted by Gasteiger charge is -2.26. The van der Waals surface area contributed by atoms with E-state index in [1.54, 1.807) is 0 Å². The minimum atomic E-state index is -0.711. The Morgan fingerprint density at radius 2 is 1.04 bits per heavy atom. The highest BCUT2D eigenvalue weighted by Gasteiger charge is 2.38. The monoisotopic (exact) mass is 1080 g/mol. The first-order valence-electron chi connectivity index (χ1n) is 26.8. The Hall–Kier alpha value is -9.32. The first-order chi connectivity index (χ1) is 39.7. The number of hydrogen-bond donors (Lipinski definition) is 3. The van der Waals surface area contributed by atoms with E-state index in [-0.39, 0.29) is 63.6 Å². The van der Waals surface area contributed by atoms with Crippen molar-refractivity contribution in [2.75, 3.05) is 7.11 Å². The van der Waals surface area contributed by atoms with E-state index in [2.05, 4.69) is 156 Å². The summed E-state index contributed by atoms with van der Waals surface area (Å²) in [6.45, 7) is 19.6. The van der Waals surface area contributed by atoms with E-state index in [9.17, 15) is 27.3 Å². The predicted molar refractivity (Wildman–Crippen MR) is 320 cm³/mol. The highest BCUT2D eigenvalue weighted by molar-refractivity contribution is 6.85. The van der Waals surface area contributed by atoms with Crippen LogP contribution in [0.2, 0.25) is 0 Å². The van der Waals surface area contributed by atoms with Crippen LogP contribution in [0.4, 0.5) is 0 Å². The molecule has 0 aliphatic rings. The zero-order chi connectivity index (χ0) is 57.7.